The number of aromatic hydroxyl groups is 1. The first-order valence-electron chi connectivity index (χ1n) is 5.53. The predicted molar refractivity (Wildman–Crippen MR) is 63.1 cm³/mol. The van der Waals surface area contributed by atoms with E-state index in [1.54, 1.807) is 13.0 Å². The third kappa shape index (κ3) is 4.03. The second-order valence-corrected chi connectivity index (χ2v) is 3.78. The lowest BCUT2D eigenvalue weighted by atomic mass is 10.2. The molecule has 0 heterocycles. The van der Waals surface area contributed by atoms with Gasteiger partial charge in [0, 0.05) is 13.1 Å². The average molecular weight is 240 g/mol. The van der Waals surface area contributed by atoms with E-state index in [1.807, 2.05) is 6.92 Å². The molecule has 0 fully saturated rings. The lowest BCUT2D eigenvalue weighted by Crippen LogP contribution is -2.41. The summed E-state index contributed by atoms with van der Waals surface area (Å²) in [6.07, 6.45) is 0. The van der Waals surface area contributed by atoms with Crippen LogP contribution in [0, 0.1) is 5.82 Å². The molecular weight excluding hydrogens is 223 g/mol. The molecule has 1 aromatic carbocycles. The van der Waals surface area contributed by atoms with Gasteiger partial charge in [-0.15, -0.1) is 0 Å². The number of amides is 1. The molecule has 1 rings (SSSR count). The van der Waals surface area contributed by atoms with Crippen molar-refractivity contribution in [2.45, 2.75) is 26.4 Å². The molecule has 5 heteroatoms. The zero-order valence-corrected chi connectivity index (χ0v) is 9.96. The molecule has 0 bridgehead atoms. The molecule has 4 nitrogen and oxygen atoms in total. The van der Waals surface area contributed by atoms with Crippen LogP contribution in [0.5, 0.6) is 5.75 Å². The summed E-state index contributed by atoms with van der Waals surface area (Å²) in [5.41, 5.74) is 0.677. The molecule has 17 heavy (non-hydrogen) atoms. The molecule has 0 saturated carbocycles. The van der Waals surface area contributed by atoms with Crippen LogP contribution >= 0.6 is 0 Å². The third-order valence-corrected chi connectivity index (χ3v) is 2.37. The molecule has 94 valence electrons. The van der Waals surface area contributed by atoms with Crippen molar-refractivity contribution in [3.8, 4) is 5.75 Å². The van der Waals surface area contributed by atoms with Crippen molar-refractivity contribution in [3.63, 3.8) is 0 Å². The van der Waals surface area contributed by atoms with Crippen LogP contribution in [0.3, 0.4) is 0 Å². The molecule has 1 atom stereocenters. The zero-order valence-electron chi connectivity index (χ0n) is 9.96. The van der Waals surface area contributed by atoms with Gasteiger partial charge in [0.25, 0.3) is 0 Å². The summed E-state index contributed by atoms with van der Waals surface area (Å²) in [7, 11) is 0. The van der Waals surface area contributed by atoms with Crippen LogP contribution in [-0.4, -0.2) is 23.6 Å². The number of halogens is 1. The summed E-state index contributed by atoms with van der Waals surface area (Å²) >= 11 is 0. The predicted octanol–water partition coefficient (Wildman–Crippen LogP) is 1.15. The van der Waals surface area contributed by atoms with Crippen LogP contribution in [-0.2, 0) is 11.3 Å². The van der Waals surface area contributed by atoms with Crippen molar-refractivity contribution in [3.05, 3.63) is 29.6 Å². The summed E-state index contributed by atoms with van der Waals surface area (Å²) < 4.78 is 13.0. The van der Waals surface area contributed by atoms with Gasteiger partial charge in [-0.3, -0.25) is 4.79 Å². The molecule has 0 aliphatic heterocycles. The van der Waals surface area contributed by atoms with Gasteiger partial charge in [0.05, 0.1) is 6.04 Å². The Morgan fingerprint density at radius 3 is 2.82 bits per heavy atom. The Morgan fingerprint density at radius 2 is 2.24 bits per heavy atom. The van der Waals surface area contributed by atoms with Gasteiger partial charge < -0.3 is 15.7 Å². The SMILES string of the molecule is CCNC(=O)C(C)NCc1ccc(O)c(F)c1. The summed E-state index contributed by atoms with van der Waals surface area (Å²) in [6.45, 7) is 4.54. The maximum Gasteiger partial charge on any atom is 0.236 e. The summed E-state index contributed by atoms with van der Waals surface area (Å²) in [4.78, 5) is 11.4. The van der Waals surface area contributed by atoms with Gasteiger partial charge in [0.1, 0.15) is 0 Å². The molecule has 0 spiro atoms. The van der Waals surface area contributed by atoms with Crippen molar-refractivity contribution >= 4 is 5.91 Å². The van der Waals surface area contributed by atoms with Crippen molar-refractivity contribution < 1.29 is 14.3 Å². The fourth-order valence-electron chi connectivity index (χ4n) is 1.35. The first-order valence-corrected chi connectivity index (χ1v) is 5.53. The van der Waals surface area contributed by atoms with E-state index in [0.717, 1.165) is 0 Å². The molecule has 0 radical (unpaired) electrons. The van der Waals surface area contributed by atoms with E-state index in [-0.39, 0.29) is 17.7 Å². The van der Waals surface area contributed by atoms with Gasteiger partial charge in [-0.05, 0) is 31.5 Å². The number of hydrogen-bond acceptors (Lipinski definition) is 3. The van der Waals surface area contributed by atoms with E-state index >= 15 is 0 Å². The smallest absolute Gasteiger partial charge is 0.236 e. The van der Waals surface area contributed by atoms with E-state index in [1.165, 1.54) is 12.1 Å². The Morgan fingerprint density at radius 1 is 1.53 bits per heavy atom. The number of nitrogens with one attached hydrogen (secondary N) is 2. The van der Waals surface area contributed by atoms with Crippen LogP contribution in [0.1, 0.15) is 19.4 Å². The minimum absolute atomic E-state index is 0.0910. The molecule has 1 unspecified atom stereocenters. The number of benzene rings is 1. The molecule has 0 aliphatic carbocycles. The highest BCUT2D eigenvalue weighted by molar-refractivity contribution is 5.81. The van der Waals surface area contributed by atoms with E-state index in [4.69, 9.17) is 5.11 Å². The molecule has 0 saturated heterocycles. The first kappa shape index (κ1) is 13.4. The number of likely N-dealkylation sites (N-methyl/N-ethyl adjacent to an activating group) is 1. The van der Waals surface area contributed by atoms with Gasteiger partial charge in [-0.1, -0.05) is 6.07 Å². The first-order chi connectivity index (χ1) is 8.04. The van der Waals surface area contributed by atoms with E-state index in [2.05, 4.69) is 10.6 Å². The normalized spacial score (nSPS) is 12.2. The monoisotopic (exact) mass is 240 g/mol. The third-order valence-electron chi connectivity index (χ3n) is 2.37. The van der Waals surface area contributed by atoms with Gasteiger partial charge in [-0.25, -0.2) is 4.39 Å². The highest BCUT2D eigenvalue weighted by Gasteiger charge is 2.10. The van der Waals surface area contributed by atoms with Crippen LogP contribution in [0.15, 0.2) is 18.2 Å². The number of carbonyl (C=O) groups excluding carboxylic acids is 1. The second kappa shape index (κ2) is 6.20. The lowest BCUT2D eigenvalue weighted by Gasteiger charge is -2.13. The van der Waals surface area contributed by atoms with Crippen LogP contribution in [0.2, 0.25) is 0 Å². The number of hydrogen-bond donors (Lipinski definition) is 3. The fraction of sp³-hybridized carbons (Fsp3) is 0.417. The zero-order chi connectivity index (χ0) is 12.8. The Hall–Kier alpha value is -1.62. The highest BCUT2D eigenvalue weighted by atomic mass is 19.1. The molecule has 0 aliphatic rings. The maximum atomic E-state index is 13.0. The summed E-state index contributed by atoms with van der Waals surface area (Å²) in [5.74, 6) is -1.12. The average Bonchev–Trinajstić information content (AvgIpc) is 2.30. The quantitative estimate of drug-likeness (QED) is 0.723. The number of carbonyl (C=O) groups is 1. The lowest BCUT2D eigenvalue weighted by molar-refractivity contribution is -0.122. The standard InChI is InChI=1S/C12H17FN2O2/c1-3-14-12(17)8(2)15-7-9-4-5-11(16)10(13)6-9/h4-6,8,15-16H,3,7H2,1-2H3,(H,14,17). The molecule has 1 aromatic rings. The molecule has 3 N–H and O–H groups in total. The van der Waals surface area contributed by atoms with Crippen molar-refractivity contribution in [2.24, 2.45) is 0 Å². The van der Waals surface area contributed by atoms with E-state index in [0.29, 0.717) is 18.7 Å². The van der Waals surface area contributed by atoms with E-state index < -0.39 is 5.82 Å². The van der Waals surface area contributed by atoms with Crippen molar-refractivity contribution in [1.82, 2.24) is 10.6 Å². The second-order valence-electron chi connectivity index (χ2n) is 3.78. The van der Waals surface area contributed by atoms with Gasteiger partial charge in [-0.2, -0.15) is 0 Å². The Labute approximate surface area is 99.8 Å². The minimum atomic E-state index is -0.657. The molecular formula is C12H17FN2O2. The minimum Gasteiger partial charge on any atom is -0.505 e. The van der Waals surface area contributed by atoms with Crippen LogP contribution < -0.4 is 10.6 Å². The van der Waals surface area contributed by atoms with Gasteiger partial charge >= 0.3 is 0 Å². The Balaban J connectivity index is 2.50. The van der Waals surface area contributed by atoms with Crippen molar-refractivity contribution in [1.29, 1.82) is 0 Å². The van der Waals surface area contributed by atoms with Crippen LogP contribution in [0.4, 0.5) is 4.39 Å². The van der Waals surface area contributed by atoms with Gasteiger partial charge in [0.2, 0.25) is 5.91 Å². The summed E-state index contributed by atoms with van der Waals surface area (Å²) in [6, 6.07) is 3.80. The number of phenols is 1. The number of phenolic OH excluding ortho intramolecular Hbond substituents is 1. The fourth-order valence-corrected chi connectivity index (χ4v) is 1.35. The molecule has 0 aromatic heterocycles. The maximum absolute atomic E-state index is 13.0. The van der Waals surface area contributed by atoms with Crippen molar-refractivity contribution in [2.75, 3.05) is 6.54 Å². The highest BCUT2D eigenvalue weighted by Crippen LogP contribution is 2.15. The van der Waals surface area contributed by atoms with Crippen LogP contribution in [0.25, 0.3) is 0 Å². The number of rotatable bonds is 5. The Kier molecular flexibility index (Phi) is 4.90. The Bertz CT molecular complexity index is 396. The molecule has 1 amide bonds. The topological polar surface area (TPSA) is 61.4 Å². The van der Waals surface area contributed by atoms with E-state index in [9.17, 15) is 9.18 Å². The summed E-state index contributed by atoms with van der Waals surface area (Å²) in [5, 5.41) is 14.7. The largest absolute Gasteiger partial charge is 0.505 e. The van der Waals surface area contributed by atoms with Gasteiger partial charge in [0.15, 0.2) is 11.6 Å².